The summed E-state index contributed by atoms with van der Waals surface area (Å²) < 4.78 is 2.31. The normalized spacial score (nSPS) is 21.8. The number of fused-ring (bicyclic) bond motifs is 1. The Kier molecular flexibility index (Phi) is 3.82. The van der Waals surface area contributed by atoms with Crippen LogP contribution in [0.5, 0.6) is 0 Å². The van der Waals surface area contributed by atoms with Gasteiger partial charge in [-0.1, -0.05) is 18.6 Å². The van der Waals surface area contributed by atoms with Gasteiger partial charge in [0.15, 0.2) is 0 Å². The van der Waals surface area contributed by atoms with E-state index in [0.29, 0.717) is 6.04 Å². The molecule has 2 fully saturated rings. The Bertz CT molecular complexity index is 860. The molecular weight excluding hydrogens is 310 g/mol. The number of nitrogens with one attached hydrogen (secondary N) is 1. The van der Waals surface area contributed by atoms with Gasteiger partial charge in [0.1, 0.15) is 12.2 Å². The van der Waals surface area contributed by atoms with E-state index in [1.807, 2.05) is 12.5 Å². The van der Waals surface area contributed by atoms with Crippen molar-refractivity contribution in [1.29, 1.82) is 0 Å². The van der Waals surface area contributed by atoms with E-state index in [0.717, 1.165) is 25.6 Å². The molecule has 1 atom stereocenters. The number of aromatic nitrogens is 4. The van der Waals surface area contributed by atoms with Crippen molar-refractivity contribution in [3.05, 3.63) is 48.2 Å². The van der Waals surface area contributed by atoms with Gasteiger partial charge >= 0.3 is 0 Å². The fraction of sp³-hybridized carbons (Fsp3) is 0.500. The van der Waals surface area contributed by atoms with Gasteiger partial charge in [-0.3, -0.25) is 4.90 Å². The molecule has 5 heteroatoms. The topological polar surface area (TPSA) is 49.7 Å². The molecule has 0 bridgehead atoms. The highest BCUT2D eigenvalue weighted by Crippen LogP contribution is 2.34. The van der Waals surface area contributed by atoms with Gasteiger partial charge in [0, 0.05) is 24.8 Å². The molecule has 3 aromatic rings. The van der Waals surface area contributed by atoms with Crippen molar-refractivity contribution in [2.24, 2.45) is 5.92 Å². The van der Waals surface area contributed by atoms with E-state index in [-0.39, 0.29) is 0 Å². The number of H-pyrrole nitrogens is 1. The van der Waals surface area contributed by atoms with Crippen molar-refractivity contribution in [3.63, 3.8) is 0 Å². The number of aromatic amines is 1. The summed E-state index contributed by atoms with van der Waals surface area (Å²) >= 11 is 0. The number of hydrogen-bond donors (Lipinski definition) is 1. The summed E-state index contributed by atoms with van der Waals surface area (Å²) in [6.45, 7) is 3.22. The molecule has 2 aromatic heterocycles. The SMILES string of the molecule is c1cc2ccc(CN3CCCCC3c3nncn3CC3CC3)cc2[nH]1. The Balaban J connectivity index is 1.39. The quantitative estimate of drug-likeness (QED) is 0.769. The number of hydrogen-bond acceptors (Lipinski definition) is 3. The first-order chi connectivity index (χ1) is 12.4. The van der Waals surface area contributed by atoms with E-state index >= 15 is 0 Å². The maximum atomic E-state index is 4.52. The summed E-state index contributed by atoms with van der Waals surface area (Å²) in [5, 5.41) is 10.0. The third-order valence-corrected chi connectivity index (χ3v) is 5.71. The summed E-state index contributed by atoms with van der Waals surface area (Å²) in [4.78, 5) is 5.93. The Morgan fingerprint density at radius 2 is 2.08 bits per heavy atom. The van der Waals surface area contributed by atoms with Gasteiger partial charge in [0.25, 0.3) is 0 Å². The zero-order chi connectivity index (χ0) is 16.6. The molecule has 1 aliphatic heterocycles. The molecule has 1 unspecified atom stereocenters. The van der Waals surface area contributed by atoms with Gasteiger partial charge in [0.05, 0.1) is 6.04 Å². The van der Waals surface area contributed by atoms with E-state index in [4.69, 9.17) is 0 Å². The van der Waals surface area contributed by atoms with Crippen LogP contribution in [0.15, 0.2) is 36.8 Å². The summed E-state index contributed by atoms with van der Waals surface area (Å²) in [7, 11) is 0. The molecule has 25 heavy (non-hydrogen) atoms. The molecular formula is C20H25N5. The first kappa shape index (κ1) is 15.1. The molecule has 1 saturated carbocycles. The van der Waals surface area contributed by atoms with E-state index in [1.54, 1.807) is 0 Å². The molecule has 0 radical (unpaired) electrons. The average molecular weight is 335 g/mol. The standard InChI is InChI=1S/C20H25N5/c1-2-10-24(13-16-6-7-17-8-9-21-18(17)11-16)19(3-1)20-23-22-14-25(20)12-15-4-5-15/h6-9,11,14-15,19,21H,1-5,10,12-13H2. The first-order valence-electron chi connectivity index (χ1n) is 9.54. The zero-order valence-corrected chi connectivity index (χ0v) is 14.6. The van der Waals surface area contributed by atoms with E-state index in [9.17, 15) is 0 Å². The van der Waals surface area contributed by atoms with Crippen LogP contribution in [-0.4, -0.2) is 31.2 Å². The Morgan fingerprint density at radius 3 is 3.00 bits per heavy atom. The van der Waals surface area contributed by atoms with E-state index in [2.05, 4.69) is 48.9 Å². The second kappa shape index (κ2) is 6.30. The molecule has 5 nitrogen and oxygen atoms in total. The van der Waals surface area contributed by atoms with Gasteiger partial charge in [0.2, 0.25) is 0 Å². The van der Waals surface area contributed by atoms with E-state index in [1.165, 1.54) is 54.4 Å². The van der Waals surface area contributed by atoms with Crippen molar-refractivity contribution in [1.82, 2.24) is 24.6 Å². The lowest BCUT2D eigenvalue weighted by Gasteiger charge is -2.35. The largest absolute Gasteiger partial charge is 0.361 e. The van der Waals surface area contributed by atoms with Crippen LogP contribution in [0.4, 0.5) is 0 Å². The molecule has 1 aliphatic carbocycles. The molecule has 0 amide bonds. The molecule has 2 aliphatic rings. The fourth-order valence-corrected chi connectivity index (χ4v) is 4.14. The third kappa shape index (κ3) is 3.09. The molecule has 1 N–H and O–H groups in total. The Labute approximate surface area is 148 Å². The highest BCUT2D eigenvalue weighted by Gasteiger charge is 2.30. The third-order valence-electron chi connectivity index (χ3n) is 5.71. The van der Waals surface area contributed by atoms with Gasteiger partial charge in [-0.2, -0.15) is 0 Å². The maximum absolute atomic E-state index is 4.52. The monoisotopic (exact) mass is 335 g/mol. The number of piperidine rings is 1. The highest BCUT2D eigenvalue weighted by molar-refractivity contribution is 5.79. The average Bonchev–Trinajstić information content (AvgIpc) is 3.14. The molecule has 0 spiro atoms. The van der Waals surface area contributed by atoms with Crippen LogP contribution in [0.3, 0.4) is 0 Å². The van der Waals surface area contributed by atoms with Gasteiger partial charge in [-0.05, 0) is 61.2 Å². The lowest BCUT2D eigenvalue weighted by atomic mass is 10.00. The van der Waals surface area contributed by atoms with Crippen molar-refractivity contribution in [2.45, 2.75) is 51.2 Å². The molecule has 130 valence electrons. The van der Waals surface area contributed by atoms with Crippen LogP contribution in [0, 0.1) is 5.92 Å². The predicted molar refractivity (Wildman–Crippen MR) is 98.0 cm³/mol. The number of benzene rings is 1. The minimum Gasteiger partial charge on any atom is -0.361 e. The van der Waals surface area contributed by atoms with Crippen LogP contribution >= 0.6 is 0 Å². The number of rotatable bonds is 5. The second-order valence-electron chi connectivity index (χ2n) is 7.67. The minimum atomic E-state index is 0.398. The summed E-state index contributed by atoms with van der Waals surface area (Å²) in [6.07, 6.45) is 10.4. The minimum absolute atomic E-state index is 0.398. The van der Waals surface area contributed by atoms with Crippen LogP contribution in [0.1, 0.15) is 49.5 Å². The van der Waals surface area contributed by atoms with Crippen LogP contribution in [-0.2, 0) is 13.1 Å². The lowest BCUT2D eigenvalue weighted by Crippen LogP contribution is -2.34. The van der Waals surface area contributed by atoms with Crippen LogP contribution in [0.2, 0.25) is 0 Å². The van der Waals surface area contributed by atoms with Crippen molar-refractivity contribution < 1.29 is 0 Å². The Morgan fingerprint density at radius 1 is 1.12 bits per heavy atom. The van der Waals surface area contributed by atoms with Gasteiger partial charge in [-0.15, -0.1) is 10.2 Å². The van der Waals surface area contributed by atoms with Crippen molar-refractivity contribution in [2.75, 3.05) is 6.54 Å². The molecule has 3 heterocycles. The molecule has 1 aromatic carbocycles. The Hall–Kier alpha value is -2.14. The second-order valence-corrected chi connectivity index (χ2v) is 7.67. The number of nitrogens with zero attached hydrogens (tertiary/aromatic N) is 4. The first-order valence-corrected chi connectivity index (χ1v) is 9.54. The fourth-order valence-electron chi connectivity index (χ4n) is 4.14. The summed E-state index contributed by atoms with van der Waals surface area (Å²) in [6, 6.07) is 9.29. The van der Waals surface area contributed by atoms with Crippen LogP contribution < -0.4 is 0 Å². The van der Waals surface area contributed by atoms with E-state index < -0.39 is 0 Å². The molecule has 1 saturated heterocycles. The van der Waals surface area contributed by atoms with Crippen molar-refractivity contribution >= 4 is 10.9 Å². The zero-order valence-electron chi connectivity index (χ0n) is 14.6. The summed E-state index contributed by atoms with van der Waals surface area (Å²) in [5.41, 5.74) is 2.60. The molecule has 5 rings (SSSR count). The number of likely N-dealkylation sites (tertiary alicyclic amines) is 1. The van der Waals surface area contributed by atoms with Gasteiger partial charge < -0.3 is 9.55 Å². The highest BCUT2D eigenvalue weighted by atomic mass is 15.3. The smallest absolute Gasteiger partial charge is 0.150 e. The van der Waals surface area contributed by atoms with Gasteiger partial charge in [-0.25, -0.2) is 0 Å². The summed E-state index contributed by atoms with van der Waals surface area (Å²) in [5.74, 6) is 2.02. The predicted octanol–water partition coefficient (Wildman–Crippen LogP) is 3.90. The van der Waals surface area contributed by atoms with Crippen molar-refractivity contribution in [3.8, 4) is 0 Å². The maximum Gasteiger partial charge on any atom is 0.150 e. The van der Waals surface area contributed by atoms with Crippen LogP contribution in [0.25, 0.3) is 10.9 Å². The lowest BCUT2D eigenvalue weighted by molar-refractivity contribution is 0.130.